The Morgan fingerprint density at radius 2 is 1.81 bits per heavy atom. The maximum Gasteiger partial charge on any atom is 0.135 e. The second-order valence-corrected chi connectivity index (χ2v) is 7.80. The van der Waals surface area contributed by atoms with Crippen molar-refractivity contribution in [2.75, 3.05) is 16.8 Å². The van der Waals surface area contributed by atoms with Crippen molar-refractivity contribution in [3.63, 3.8) is 0 Å². The summed E-state index contributed by atoms with van der Waals surface area (Å²) in [5.41, 5.74) is 3.63. The molecule has 3 rings (SSSR count). The molecule has 0 fully saturated rings. The van der Waals surface area contributed by atoms with Crippen LogP contribution in [-0.4, -0.2) is 27.7 Å². The van der Waals surface area contributed by atoms with Crippen LogP contribution >= 0.6 is 0 Å². The van der Waals surface area contributed by atoms with Crippen molar-refractivity contribution >= 4 is 11.6 Å². The summed E-state index contributed by atoms with van der Waals surface area (Å²) in [6.07, 6.45) is 0.544. The molecule has 1 aromatic carbocycles. The number of nitrogens with one attached hydrogen (secondary N) is 1. The maximum absolute atomic E-state index is 9.81. The van der Waals surface area contributed by atoms with Gasteiger partial charge in [0.2, 0.25) is 0 Å². The first-order chi connectivity index (χ1) is 12.3. The van der Waals surface area contributed by atoms with E-state index in [1.807, 2.05) is 13.0 Å². The largest absolute Gasteiger partial charge is 0.389 e. The molecule has 0 saturated carbocycles. The van der Waals surface area contributed by atoms with E-state index in [9.17, 15) is 5.11 Å². The zero-order chi connectivity index (χ0) is 18.8. The average Bonchev–Trinajstić information content (AvgIpc) is 2.59. The zero-order valence-electron chi connectivity index (χ0n) is 16.5. The second kappa shape index (κ2) is 7.62. The van der Waals surface area contributed by atoms with Crippen LogP contribution in [0.25, 0.3) is 0 Å². The van der Waals surface area contributed by atoms with E-state index >= 15 is 0 Å². The first kappa shape index (κ1) is 18.6. The lowest BCUT2D eigenvalue weighted by atomic mass is 9.96. The second-order valence-electron chi connectivity index (χ2n) is 7.80. The minimum absolute atomic E-state index is 0.285. The molecular formula is C21H30N4O. The van der Waals surface area contributed by atoms with Crippen molar-refractivity contribution in [2.45, 2.75) is 65.6 Å². The zero-order valence-corrected chi connectivity index (χ0v) is 16.5. The number of aliphatic hydroxyl groups is 1. The van der Waals surface area contributed by atoms with Crippen molar-refractivity contribution in [1.82, 2.24) is 9.97 Å². The molecule has 2 heterocycles. The monoisotopic (exact) mass is 354 g/mol. The molecule has 0 bridgehead atoms. The van der Waals surface area contributed by atoms with Gasteiger partial charge in [0.15, 0.2) is 0 Å². The lowest BCUT2D eigenvalue weighted by Crippen LogP contribution is -2.31. The predicted octanol–water partition coefficient (Wildman–Crippen LogP) is 4.04. The van der Waals surface area contributed by atoms with E-state index < -0.39 is 6.10 Å². The Bertz CT molecular complexity index is 771. The van der Waals surface area contributed by atoms with Gasteiger partial charge in [0.25, 0.3) is 0 Å². The van der Waals surface area contributed by atoms with Gasteiger partial charge in [0.1, 0.15) is 17.5 Å². The Morgan fingerprint density at radius 3 is 2.46 bits per heavy atom. The molecule has 1 aromatic heterocycles. The first-order valence-corrected chi connectivity index (χ1v) is 9.53. The van der Waals surface area contributed by atoms with Crippen molar-refractivity contribution in [2.24, 2.45) is 0 Å². The van der Waals surface area contributed by atoms with Gasteiger partial charge in [-0.05, 0) is 43.9 Å². The number of rotatable bonds is 5. The quantitative estimate of drug-likeness (QED) is 0.849. The van der Waals surface area contributed by atoms with Crippen LogP contribution in [0.15, 0.2) is 24.3 Å². The third-order valence-electron chi connectivity index (χ3n) is 4.73. The standard InChI is InChI=1S/C21H30N4O/c1-13(2)21-23-19(22-14(3)4)11-20(24-21)25-9-8-17-10-16(15(5)26)6-7-18(17)12-25/h6-7,10-11,13-15,26H,8-9,12H2,1-5H3,(H,22,23,24)/t15-/m1/s1. The van der Waals surface area contributed by atoms with Gasteiger partial charge in [-0.3, -0.25) is 0 Å². The maximum atomic E-state index is 9.81. The highest BCUT2D eigenvalue weighted by molar-refractivity contribution is 5.52. The summed E-state index contributed by atoms with van der Waals surface area (Å²) in [7, 11) is 0. The van der Waals surface area contributed by atoms with Crippen LogP contribution < -0.4 is 10.2 Å². The summed E-state index contributed by atoms with van der Waals surface area (Å²) in [4.78, 5) is 11.8. The fourth-order valence-corrected chi connectivity index (χ4v) is 3.27. The lowest BCUT2D eigenvalue weighted by Gasteiger charge is -2.31. The van der Waals surface area contributed by atoms with Gasteiger partial charge < -0.3 is 15.3 Å². The molecule has 1 aliphatic heterocycles. The highest BCUT2D eigenvalue weighted by atomic mass is 16.3. The van der Waals surface area contributed by atoms with E-state index in [1.165, 1.54) is 11.1 Å². The van der Waals surface area contributed by atoms with Crippen LogP contribution in [0.5, 0.6) is 0 Å². The molecule has 1 atom stereocenters. The van der Waals surface area contributed by atoms with E-state index in [4.69, 9.17) is 4.98 Å². The summed E-state index contributed by atoms with van der Waals surface area (Å²) in [6, 6.07) is 8.70. The first-order valence-electron chi connectivity index (χ1n) is 9.53. The highest BCUT2D eigenvalue weighted by Crippen LogP contribution is 2.28. The van der Waals surface area contributed by atoms with Crippen LogP contribution in [0.3, 0.4) is 0 Å². The van der Waals surface area contributed by atoms with E-state index in [2.05, 4.69) is 61.1 Å². The number of fused-ring (bicyclic) bond motifs is 1. The molecular weight excluding hydrogens is 324 g/mol. The van der Waals surface area contributed by atoms with Crippen molar-refractivity contribution < 1.29 is 5.11 Å². The molecule has 0 aliphatic carbocycles. The molecule has 2 aromatic rings. The molecule has 0 radical (unpaired) electrons. The van der Waals surface area contributed by atoms with Crippen LogP contribution in [0.2, 0.25) is 0 Å². The van der Waals surface area contributed by atoms with Gasteiger partial charge >= 0.3 is 0 Å². The number of benzene rings is 1. The summed E-state index contributed by atoms with van der Waals surface area (Å²) in [5, 5.41) is 13.2. The molecule has 0 amide bonds. The minimum Gasteiger partial charge on any atom is -0.389 e. The van der Waals surface area contributed by atoms with E-state index in [-0.39, 0.29) is 5.92 Å². The number of nitrogens with zero attached hydrogens (tertiary/aromatic N) is 3. The fraction of sp³-hybridized carbons (Fsp3) is 0.524. The minimum atomic E-state index is -0.418. The molecule has 0 unspecified atom stereocenters. The van der Waals surface area contributed by atoms with E-state index in [1.54, 1.807) is 0 Å². The normalized spacial score (nSPS) is 15.3. The number of hydrogen-bond donors (Lipinski definition) is 2. The van der Waals surface area contributed by atoms with Crippen LogP contribution in [0, 0.1) is 0 Å². The van der Waals surface area contributed by atoms with Gasteiger partial charge in [0.05, 0.1) is 6.10 Å². The Kier molecular flexibility index (Phi) is 5.47. The average molecular weight is 354 g/mol. The Morgan fingerprint density at radius 1 is 1.04 bits per heavy atom. The molecule has 26 heavy (non-hydrogen) atoms. The van der Waals surface area contributed by atoms with Gasteiger partial charge in [0, 0.05) is 31.1 Å². The molecule has 5 heteroatoms. The van der Waals surface area contributed by atoms with Crippen molar-refractivity contribution in [3.8, 4) is 0 Å². The SMILES string of the molecule is CC(C)Nc1cc(N2CCc3cc([C@@H](C)O)ccc3C2)nc(C(C)C)n1. The van der Waals surface area contributed by atoms with Crippen LogP contribution in [-0.2, 0) is 13.0 Å². The Labute approximate surface area is 156 Å². The number of anilines is 2. The Balaban J connectivity index is 1.88. The molecule has 0 spiro atoms. The van der Waals surface area contributed by atoms with Crippen molar-refractivity contribution in [1.29, 1.82) is 0 Å². The molecule has 140 valence electrons. The number of hydrogen-bond acceptors (Lipinski definition) is 5. The third-order valence-corrected chi connectivity index (χ3v) is 4.73. The third kappa shape index (κ3) is 4.15. The number of aliphatic hydroxyl groups excluding tert-OH is 1. The van der Waals surface area contributed by atoms with Gasteiger partial charge in [-0.1, -0.05) is 32.0 Å². The highest BCUT2D eigenvalue weighted by Gasteiger charge is 2.20. The van der Waals surface area contributed by atoms with Gasteiger partial charge in [-0.15, -0.1) is 0 Å². The van der Waals surface area contributed by atoms with Gasteiger partial charge in [-0.2, -0.15) is 0 Å². The summed E-state index contributed by atoms with van der Waals surface area (Å²) < 4.78 is 0. The molecule has 2 N–H and O–H groups in total. The summed E-state index contributed by atoms with van der Waals surface area (Å²) in [5.74, 6) is 3.04. The Hall–Kier alpha value is -2.14. The topological polar surface area (TPSA) is 61.3 Å². The molecule has 5 nitrogen and oxygen atoms in total. The summed E-state index contributed by atoms with van der Waals surface area (Å²) >= 11 is 0. The van der Waals surface area contributed by atoms with Crippen molar-refractivity contribution in [3.05, 3.63) is 46.8 Å². The van der Waals surface area contributed by atoms with Crippen LogP contribution in [0.1, 0.15) is 69.2 Å². The van der Waals surface area contributed by atoms with E-state index in [0.29, 0.717) is 6.04 Å². The fourth-order valence-electron chi connectivity index (χ4n) is 3.27. The lowest BCUT2D eigenvalue weighted by molar-refractivity contribution is 0.199. The van der Waals surface area contributed by atoms with Gasteiger partial charge in [-0.25, -0.2) is 9.97 Å². The predicted molar refractivity (Wildman–Crippen MR) is 107 cm³/mol. The smallest absolute Gasteiger partial charge is 0.135 e. The van der Waals surface area contributed by atoms with E-state index in [0.717, 1.165) is 42.5 Å². The number of aromatic nitrogens is 2. The summed E-state index contributed by atoms with van der Waals surface area (Å²) in [6.45, 7) is 12.1. The molecule has 0 saturated heterocycles. The van der Waals surface area contributed by atoms with Crippen LogP contribution in [0.4, 0.5) is 11.6 Å². The molecule has 1 aliphatic rings.